The van der Waals surface area contributed by atoms with Gasteiger partial charge in [-0.15, -0.1) is 0 Å². The number of hydrogen-bond acceptors (Lipinski definition) is 3. The van der Waals surface area contributed by atoms with Crippen LogP contribution in [0.2, 0.25) is 0 Å². The molecule has 0 atom stereocenters. The monoisotopic (exact) mass is 411 g/mol. The van der Waals surface area contributed by atoms with E-state index in [1.165, 1.54) is 0 Å². The van der Waals surface area contributed by atoms with Gasteiger partial charge in [-0.2, -0.15) is 5.10 Å². The van der Waals surface area contributed by atoms with Crippen LogP contribution in [0, 0.1) is 6.92 Å². The molecule has 31 heavy (non-hydrogen) atoms. The number of aryl methyl sites for hydroxylation is 1. The molecule has 0 radical (unpaired) electrons. The Morgan fingerprint density at radius 3 is 2.32 bits per heavy atom. The van der Waals surface area contributed by atoms with Crippen LogP contribution in [0.5, 0.6) is 0 Å². The lowest BCUT2D eigenvalue weighted by atomic mass is 10.1. The van der Waals surface area contributed by atoms with Gasteiger partial charge in [-0.05, 0) is 55.0 Å². The second-order valence-electron chi connectivity index (χ2n) is 8.14. The van der Waals surface area contributed by atoms with Crippen molar-refractivity contribution in [2.24, 2.45) is 0 Å². The summed E-state index contributed by atoms with van der Waals surface area (Å²) >= 11 is 0. The minimum Gasteiger partial charge on any atom is -0.378 e. The van der Waals surface area contributed by atoms with E-state index in [-0.39, 0.29) is 5.91 Å². The number of nitrogens with zero attached hydrogens (tertiary/aromatic N) is 5. The zero-order chi connectivity index (χ0) is 21.5. The number of benzene rings is 2. The van der Waals surface area contributed by atoms with E-state index in [1.54, 1.807) is 0 Å². The molecule has 6 nitrogen and oxygen atoms in total. The second-order valence-corrected chi connectivity index (χ2v) is 8.14. The Morgan fingerprint density at radius 2 is 1.65 bits per heavy atom. The van der Waals surface area contributed by atoms with E-state index in [0.717, 1.165) is 34.0 Å². The van der Waals surface area contributed by atoms with E-state index < -0.39 is 0 Å². The Labute approximate surface area is 181 Å². The van der Waals surface area contributed by atoms with Crippen LogP contribution in [-0.4, -0.2) is 39.3 Å². The Bertz CT molecular complexity index is 1240. The highest BCUT2D eigenvalue weighted by atomic mass is 16.2. The zero-order valence-corrected chi connectivity index (χ0v) is 18.0. The largest absolute Gasteiger partial charge is 0.378 e. The summed E-state index contributed by atoms with van der Waals surface area (Å²) in [5.74, 6) is 1.02. The highest BCUT2D eigenvalue weighted by Gasteiger charge is 2.32. The summed E-state index contributed by atoms with van der Waals surface area (Å²) in [6.07, 6.45) is 4.05. The summed E-state index contributed by atoms with van der Waals surface area (Å²) in [6.45, 7) is 3.15. The molecule has 3 heterocycles. The van der Waals surface area contributed by atoms with Crippen molar-refractivity contribution in [2.45, 2.75) is 20.0 Å². The van der Waals surface area contributed by atoms with Crippen molar-refractivity contribution < 1.29 is 4.79 Å². The standard InChI is InChI=1S/C25H25N5O/c1-18-8-4-5-9-23(18)30-24(28-14-6-7-15-28)21-16-29(17-22(21)26-30)25(31)19-10-12-20(13-11-19)27(2)3/h4-15H,16-17H2,1-3H3. The van der Waals surface area contributed by atoms with Crippen molar-refractivity contribution in [3.8, 4) is 11.5 Å². The Balaban J connectivity index is 1.50. The molecule has 0 fully saturated rings. The molecule has 0 aliphatic carbocycles. The molecule has 5 rings (SSSR count). The molecule has 1 aliphatic rings. The van der Waals surface area contributed by atoms with Crippen LogP contribution >= 0.6 is 0 Å². The predicted octanol–water partition coefficient (Wildman–Crippen LogP) is 4.19. The summed E-state index contributed by atoms with van der Waals surface area (Å²) in [6, 6.07) is 20.0. The first-order chi connectivity index (χ1) is 15.0. The quantitative estimate of drug-likeness (QED) is 0.506. The highest BCUT2D eigenvalue weighted by Crippen LogP contribution is 2.32. The maximum Gasteiger partial charge on any atom is 0.254 e. The van der Waals surface area contributed by atoms with Crippen LogP contribution in [0.15, 0.2) is 73.1 Å². The number of carbonyl (C=O) groups excluding carboxylic acids is 1. The molecule has 1 amide bonds. The Morgan fingerprint density at radius 1 is 0.935 bits per heavy atom. The van der Waals surface area contributed by atoms with Crippen LogP contribution in [-0.2, 0) is 13.1 Å². The second kappa shape index (κ2) is 7.47. The molecule has 4 aromatic rings. The third kappa shape index (κ3) is 3.30. The molecule has 6 heteroatoms. The Hall–Kier alpha value is -3.80. The number of carbonyl (C=O) groups is 1. The van der Waals surface area contributed by atoms with Crippen LogP contribution in [0.1, 0.15) is 27.2 Å². The van der Waals surface area contributed by atoms with Gasteiger partial charge in [-0.25, -0.2) is 4.68 Å². The lowest BCUT2D eigenvalue weighted by molar-refractivity contribution is 0.0749. The lowest BCUT2D eigenvalue weighted by Gasteiger charge is -2.19. The number of rotatable bonds is 4. The van der Waals surface area contributed by atoms with Gasteiger partial charge in [-0.1, -0.05) is 18.2 Å². The maximum atomic E-state index is 13.2. The fourth-order valence-corrected chi connectivity index (χ4v) is 4.14. The first kappa shape index (κ1) is 19.2. The normalized spacial score (nSPS) is 12.8. The van der Waals surface area contributed by atoms with Gasteiger partial charge in [0, 0.05) is 43.3 Å². The first-order valence-corrected chi connectivity index (χ1v) is 10.4. The van der Waals surface area contributed by atoms with Crippen molar-refractivity contribution in [2.75, 3.05) is 19.0 Å². The van der Waals surface area contributed by atoms with Gasteiger partial charge in [0.15, 0.2) is 0 Å². The molecular formula is C25H25N5O. The van der Waals surface area contributed by atoms with Crippen molar-refractivity contribution in [3.63, 3.8) is 0 Å². The Kier molecular flexibility index (Phi) is 4.62. The van der Waals surface area contributed by atoms with E-state index in [2.05, 4.69) is 23.6 Å². The average molecular weight is 412 g/mol. The third-order valence-corrected chi connectivity index (χ3v) is 5.84. The van der Waals surface area contributed by atoms with Crippen molar-refractivity contribution in [1.29, 1.82) is 0 Å². The fourth-order valence-electron chi connectivity index (χ4n) is 4.14. The molecule has 0 unspecified atom stereocenters. The van der Waals surface area contributed by atoms with Crippen LogP contribution < -0.4 is 4.90 Å². The van der Waals surface area contributed by atoms with E-state index in [9.17, 15) is 4.79 Å². The number of amides is 1. The molecule has 1 aliphatic heterocycles. The van der Waals surface area contributed by atoms with E-state index in [0.29, 0.717) is 18.7 Å². The summed E-state index contributed by atoms with van der Waals surface area (Å²) in [7, 11) is 3.98. The molecule has 0 saturated heterocycles. The number of aromatic nitrogens is 3. The smallest absolute Gasteiger partial charge is 0.254 e. The van der Waals surface area contributed by atoms with Gasteiger partial charge in [0.05, 0.1) is 24.5 Å². The predicted molar refractivity (Wildman–Crippen MR) is 122 cm³/mol. The van der Waals surface area contributed by atoms with Crippen molar-refractivity contribution in [3.05, 3.63) is 95.4 Å². The van der Waals surface area contributed by atoms with Crippen molar-refractivity contribution in [1.82, 2.24) is 19.2 Å². The first-order valence-electron chi connectivity index (χ1n) is 10.4. The fraction of sp³-hybridized carbons (Fsp3) is 0.200. The molecule has 0 bridgehead atoms. The van der Waals surface area contributed by atoms with Crippen LogP contribution in [0.4, 0.5) is 5.69 Å². The van der Waals surface area contributed by atoms with Gasteiger partial charge < -0.3 is 14.4 Å². The molecule has 0 spiro atoms. The zero-order valence-electron chi connectivity index (χ0n) is 18.0. The number of fused-ring (bicyclic) bond motifs is 1. The lowest BCUT2D eigenvalue weighted by Crippen LogP contribution is -2.26. The topological polar surface area (TPSA) is 46.3 Å². The van der Waals surface area contributed by atoms with Crippen LogP contribution in [0.3, 0.4) is 0 Å². The van der Waals surface area contributed by atoms with Crippen LogP contribution in [0.25, 0.3) is 11.5 Å². The minimum absolute atomic E-state index is 0.0317. The molecule has 0 saturated carbocycles. The highest BCUT2D eigenvalue weighted by molar-refractivity contribution is 5.95. The van der Waals surface area contributed by atoms with Gasteiger partial charge in [0.1, 0.15) is 5.82 Å². The summed E-state index contributed by atoms with van der Waals surface area (Å²) < 4.78 is 4.09. The molecule has 2 aromatic carbocycles. The molecular weight excluding hydrogens is 386 g/mol. The average Bonchev–Trinajstić information content (AvgIpc) is 3.49. The third-order valence-electron chi connectivity index (χ3n) is 5.84. The maximum absolute atomic E-state index is 13.2. The molecule has 156 valence electrons. The summed E-state index contributed by atoms with van der Waals surface area (Å²) in [5, 5.41) is 4.94. The van der Waals surface area contributed by atoms with E-state index >= 15 is 0 Å². The molecule has 0 N–H and O–H groups in total. The number of anilines is 1. The van der Waals surface area contributed by atoms with Gasteiger partial charge in [0.2, 0.25) is 0 Å². The van der Waals surface area contributed by atoms with Gasteiger partial charge >= 0.3 is 0 Å². The van der Waals surface area contributed by atoms with Gasteiger partial charge in [-0.3, -0.25) is 4.79 Å². The van der Waals surface area contributed by atoms with E-state index in [4.69, 9.17) is 5.10 Å². The van der Waals surface area contributed by atoms with Crippen molar-refractivity contribution >= 4 is 11.6 Å². The SMILES string of the molecule is Cc1ccccc1-n1nc2c(c1-n1cccc1)CN(C(=O)c1ccc(N(C)C)cc1)C2. The molecule has 2 aromatic heterocycles. The van der Waals surface area contributed by atoms with E-state index in [1.807, 2.05) is 89.5 Å². The minimum atomic E-state index is 0.0317. The number of para-hydroxylation sites is 1. The van der Waals surface area contributed by atoms with Gasteiger partial charge in [0.25, 0.3) is 5.91 Å². The number of hydrogen-bond donors (Lipinski definition) is 0. The summed E-state index contributed by atoms with van der Waals surface area (Å²) in [4.78, 5) is 17.1. The summed E-state index contributed by atoms with van der Waals surface area (Å²) in [5.41, 5.74) is 6.03.